The third-order valence-electron chi connectivity index (χ3n) is 2.15. The molecule has 1 heterocycles. The lowest BCUT2D eigenvalue weighted by molar-refractivity contribution is 0.398. The number of rotatable bonds is 5. The molecule has 0 aromatic carbocycles. The van der Waals surface area contributed by atoms with Crippen LogP contribution in [0.2, 0.25) is 0 Å². The van der Waals surface area contributed by atoms with Crippen LogP contribution in [0, 0.1) is 0 Å². The van der Waals surface area contributed by atoms with Gasteiger partial charge in [-0.05, 0) is 13.1 Å². The lowest BCUT2D eigenvalue weighted by Gasteiger charge is -2.19. The number of nitrogen functional groups attached to an aromatic ring is 1. The highest BCUT2D eigenvalue weighted by atomic mass is 16.5. The van der Waals surface area contributed by atoms with Gasteiger partial charge in [0.2, 0.25) is 5.88 Å². The molecule has 1 rings (SSSR count). The van der Waals surface area contributed by atoms with Crippen molar-refractivity contribution in [2.75, 3.05) is 44.9 Å². The van der Waals surface area contributed by atoms with Crippen molar-refractivity contribution < 1.29 is 4.74 Å². The summed E-state index contributed by atoms with van der Waals surface area (Å²) >= 11 is 0. The van der Waals surface area contributed by atoms with Crippen LogP contribution in [0.25, 0.3) is 0 Å². The van der Waals surface area contributed by atoms with Crippen LogP contribution in [-0.4, -0.2) is 39.3 Å². The molecule has 0 amide bonds. The number of pyridine rings is 1. The minimum absolute atomic E-state index is 0.579. The first kappa shape index (κ1) is 11.6. The number of hydrogen-bond acceptors (Lipinski definition) is 5. The van der Waals surface area contributed by atoms with E-state index in [1.54, 1.807) is 19.2 Å². The summed E-state index contributed by atoms with van der Waals surface area (Å²) in [6.45, 7) is 1.73. The second kappa shape index (κ2) is 5.41. The second-order valence-electron chi connectivity index (χ2n) is 3.29. The van der Waals surface area contributed by atoms with Crippen molar-refractivity contribution in [3.63, 3.8) is 0 Å². The molecule has 0 spiro atoms. The highest BCUT2D eigenvalue weighted by Crippen LogP contribution is 2.22. The molecule has 0 aliphatic heterocycles. The second-order valence-corrected chi connectivity index (χ2v) is 3.29. The zero-order valence-electron chi connectivity index (χ0n) is 9.45. The van der Waals surface area contributed by atoms with Gasteiger partial charge in [-0.25, -0.2) is 0 Å². The number of ether oxygens (including phenoxy) is 1. The lowest BCUT2D eigenvalue weighted by Crippen LogP contribution is -2.28. The van der Waals surface area contributed by atoms with E-state index in [0.717, 1.165) is 18.9 Å². The molecule has 0 saturated heterocycles. The van der Waals surface area contributed by atoms with Crippen LogP contribution in [0.15, 0.2) is 12.1 Å². The summed E-state index contributed by atoms with van der Waals surface area (Å²) in [7, 11) is 5.46. The Morgan fingerprint density at radius 2 is 2.27 bits per heavy atom. The summed E-state index contributed by atoms with van der Waals surface area (Å²) < 4.78 is 5.06. The van der Waals surface area contributed by atoms with Gasteiger partial charge in [0.05, 0.1) is 12.8 Å². The Balaban J connectivity index is 2.81. The van der Waals surface area contributed by atoms with Gasteiger partial charge in [-0.1, -0.05) is 0 Å². The Hall–Kier alpha value is -1.49. The Kier molecular flexibility index (Phi) is 4.17. The number of likely N-dealkylation sites (N-methyl/N-ethyl adjacent to an activating group) is 2. The van der Waals surface area contributed by atoms with Gasteiger partial charge in [-0.15, -0.1) is 0 Å². The zero-order chi connectivity index (χ0) is 11.3. The van der Waals surface area contributed by atoms with Gasteiger partial charge in [-0.2, -0.15) is 4.98 Å². The first-order chi connectivity index (χ1) is 7.19. The predicted octanol–water partition coefficient (Wildman–Crippen LogP) is 0.328. The van der Waals surface area contributed by atoms with Gasteiger partial charge >= 0.3 is 0 Å². The standard InChI is InChI=1S/C10H18N4O/c1-12-6-7-14(2)10-8(11)4-5-9(13-10)15-3/h4-5,12H,6-7,11H2,1-3H3. The minimum Gasteiger partial charge on any atom is -0.481 e. The Morgan fingerprint density at radius 3 is 2.87 bits per heavy atom. The monoisotopic (exact) mass is 210 g/mol. The third-order valence-corrected chi connectivity index (χ3v) is 2.15. The SMILES string of the molecule is CNCCN(C)c1nc(OC)ccc1N. The lowest BCUT2D eigenvalue weighted by atomic mass is 10.3. The molecule has 0 atom stereocenters. The number of aromatic nitrogens is 1. The van der Waals surface area contributed by atoms with Crippen molar-refractivity contribution in [2.45, 2.75) is 0 Å². The minimum atomic E-state index is 0.579. The van der Waals surface area contributed by atoms with E-state index in [2.05, 4.69) is 10.3 Å². The van der Waals surface area contributed by atoms with Crippen molar-refractivity contribution >= 4 is 11.5 Å². The third kappa shape index (κ3) is 2.99. The van der Waals surface area contributed by atoms with Gasteiger partial charge in [0.1, 0.15) is 0 Å². The molecule has 0 aliphatic carbocycles. The van der Waals surface area contributed by atoms with Crippen LogP contribution >= 0.6 is 0 Å². The highest BCUT2D eigenvalue weighted by Gasteiger charge is 2.07. The van der Waals surface area contributed by atoms with E-state index >= 15 is 0 Å². The van der Waals surface area contributed by atoms with Crippen LogP contribution in [0.4, 0.5) is 11.5 Å². The topological polar surface area (TPSA) is 63.4 Å². The molecule has 3 N–H and O–H groups in total. The molecule has 0 saturated carbocycles. The van der Waals surface area contributed by atoms with E-state index in [4.69, 9.17) is 10.5 Å². The number of nitrogens with zero attached hydrogens (tertiary/aromatic N) is 2. The highest BCUT2D eigenvalue weighted by molar-refractivity contribution is 5.63. The van der Waals surface area contributed by atoms with Gasteiger partial charge in [0.25, 0.3) is 0 Å². The van der Waals surface area contributed by atoms with E-state index in [1.165, 1.54) is 0 Å². The fourth-order valence-corrected chi connectivity index (χ4v) is 1.25. The largest absolute Gasteiger partial charge is 0.481 e. The summed E-state index contributed by atoms with van der Waals surface area (Å²) in [5.74, 6) is 1.33. The van der Waals surface area contributed by atoms with Crippen molar-refractivity contribution in [1.82, 2.24) is 10.3 Å². The first-order valence-corrected chi connectivity index (χ1v) is 4.85. The number of nitrogens with two attached hydrogens (primary N) is 1. The summed E-state index contributed by atoms with van der Waals surface area (Å²) in [5.41, 5.74) is 6.50. The average Bonchev–Trinajstić information content (AvgIpc) is 2.26. The summed E-state index contributed by atoms with van der Waals surface area (Å²) in [6.07, 6.45) is 0. The van der Waals surface area contributed by atoms with Gasteiger partial charge in [0, 0.05) is 26.2 Å². The number of methoxy groups -OCH3 is 1. The summed E-state index contributed by atoms with van der Waals surface area (Å²) in [5, 5.41) is 3.07. The quantitative estimate of drug-likeness (QED) is 0.733. The van der Waals surface area contributed by atoms with E-state index < -0.39 is 0 Å². The van der Waals surface area contributed by atoms with Crippen molar-refractivity contribution in [1.29, 1.82) is 0 Å². The number of anilines is 2. The summed E-state index contributed by atoms with van der Waals surface area (Å²) in [6, 6.07) is 3.56. The maximum atomic E-state index is 5.84. The van der Waals surface area contributed by atoms with Crippen molar-refractivity contribution in [2.24, 2.45) is 0 Å². The predicted molar refractivity (Wildman–Crippen MR) is 62.4 cm³/mol. The van der Waals surface area contributed by atoms with E-state index in [9.17, 15) is 0 Å². The average molecular weight is 210 g/mol. The molecule has 1 aromatic rings. The Bertz CT molecular complexity index is 316. The molecule has 1 aromatic heterocycles. The molecule has 0 unspecified atom stereocenters. The van der Waals surface area contributed by atoms with E-state index in [0.29, 0.717) is 11.6 Å². The van der Waals surface area contributed by atoms with Crippen LogP contribution in [0.5, 0.6) is 5.88 Å². The zero-order valence-corrected chi connectivity index (χ0v) is 9.45. The molecule has 5 heteroatoms. The molecule has 0 radical (unpaired) electrons. The maximum Gasteiger partial charge on any atom is 0.215 e. The van der Waals surface area contributed by atoms with Crippen LogP contribution < -0.4 is 20.7 Å². The smallest absolute Gasteiger partial charge is 0.215 e. The molecular weight excluding hydrogens is 192 g/mol. The molecule has 5 nitrogen and oxygen atoms in total. The van der Waals surface area contributed by atoms with Crippen molar-refractivity contribution in [3.05, 3.63) is 12.1 Å². The van der Waals surface area contributed by atoms with E-state index in [1.807, 2.05) is 19.0 Å². The van der Waals surface area contributed by atoms with Crippen LogP contribution in [-0.2, 0) is 0 Å². The number of hydrogen-bond donors (Lipinski definition) is 2. The molecule has 0 fully saturated rings. The van der Waals surface area contributed by atoms with Crippen molar-refractivity contribution in [3.8, 4) is 5.88 Å². The molecule has 0 aliphatic rings. The maximum absolute atomic E-state index is 5.84. The Labute approximate surface area is 90.2 Å². The summed E-state index contributed by atoms with van der Waals surface area (Å²) in [4.78, 5) is 6.29. The molecule has 15 heavy (non-hydrogen) atoms. The molecule has 0 bridgehead atoms. The Morgan fingerprint density at radius 1 is 1.53 bits per heavy atom. The van der Waals surface area contributed by atoms with Crippen LogP contribution in [0.1, 0.15) is 0 Å². The first-order valence-electron chi connectivity index (χ1n) is 4.85. The normalized spacial score (nSPS) is 10.1. The van der Waals surface area contributed by atoms with Crippen LogP contribution in [0.3, 0.4) is 0 Å². The number of nitrogens with one attached hydrogen (secondary N) is 1. The van der Waals surface area contributed by atoms with E-state index in [-0.39, 0.29) is 0 Å². The molecular formula is C10H18N4O. The fraction of sp³-hybridized carbons (Fsp3) is 0.500. The van der Waals surface area contributed by atoms with Gasteiger partial charge < -0.3 is 20.7 Å². The molecule has 84 valence electrons. The van der Waals surface area contributed by atoms with Gasteiger partial charge in [0.15, 0.2) is 5.82 Å². The van der Waals surface area contributed by atoms with Gasteiger partial charge in [-0.3, -0.25) is 0 Å². The fourth-order valence-electron chi connectivity index (χ4n) is 1.25.